The molecule has 20 heavy (non-hydrogen) atoms. The first-order valence-electron chi connectivity index (χ1n) is 8.97. The standard InChI is InChI=1S/C18H31NO/c1-3-4-5-6-12(2)19-18(20)17-15-8-13-7-14(10-15)11-16(17)9-13/h12-17H,3-11H2,1-2H3,(H,19,20). The molecule has 0 aromatic heterocycles. The summed E-state index contributed by atoms with van der Waals surface area (Å²) in [4.78, 5) is 12.7. The van der Waals surface area contributed by atoms with Gasteiger partial charge < -0.3 is 5.32 Å². The topological polar surface area (TPSA) is 29.1 Å². The van der Waals surface area contributed by atoms with E-state index >= 15 is 0 Å². The Morgan fingerprint density at radius 1 is 1.05 bits per heavy atom. The largest absolute Gasteiger partial charge is 0.353 e. The van der Waals surface area contributed by atoms with Gasteiger partial charge in [0.15, 0.2) is 0 Å². The van der Waals surface area contributed by atoms with Crippen LogP contribution in [0.5, 0.6) is 0 Å². The van der Waals surface area contributed by atoms with E-state index < -0.39 is 0 Å². The molecule has 1 amide bonds. The monoisotopic (exact) mass is 277 g/mol. The van der Waals surface area contributed by atoms with Gasteiger partial charge in [0.05, 0.1) is 0 Å². The van der Waals surface area contributed by atoms with Crippen molar-refractivity contribution in [3.05, 3.63) is 0 Å². The zero-order valence-electron chi connectivity index (χ0n) is 13.2. The fourth-order valence-electron chi connectivity index (χ4n) is 5.47. The summed E-state index contributed by atoms with van der Waals surface area (Å²) in [6.45, 7) is 4.42. The first-order chi connectivity index (χ1) is 9.67. The summed E-state index contributed by atoms with van der Waals surface area (Å²) in [5.74, 6) is 4.11. The van der Waals surface area contributed by atoms with Gasteiger partial charge in [-0.2, -0.15) is 0 Å². The molecule has 0 aliphatic heterocycles. The minimum atomic E-state index is 0.358. The molecule has 2 heteroatoms. The van der Waals surface area contributed by atoms with Gasteiger partial charge in [-0.05, 0) is 69.1 Å². The Labute approximate surface area is 124 Å². The van der Waals surface area contributed by atoms with E-state index in [0.29, 0.717) is 29.7 Å². The molecule has 0 aromatic carbocycles. The molecular formula is C18H31NO. The van der Waals surface area contributed by atoms with Crippen LogP contribution < -0.4 is 5.32 Å². The maximum atomic E-state index is 12.7. The maximum absolute atomic E-state index is 12.7. The molecule has 114 valence electrons. The van der Waals surface area contributed by atoms with E-state index in [1.807, 2.05) is 0 Å². The fraction of sp³-hybridized carbons (Fsp3) is 0.944. The highest BCUT2D eigenvalue weighted by Gasteiger charge is 2.50. The van der Waals surface area contributed by atoms with Crippen molar-refractivity contribution in [3.8, 4) is 0 Å². The Bertz CT molecular complexity index is 323. The van der Waals surface area contributed by atoms with Gasteiger partial charge in [0.25, 0.3) is 0 Å². The van der Waals surface area contributed by atoms with E-state index in [2.05, 4.69) is 19.2 Å². The molecule has 0 saturated heterocycles. The lowest BCUT2D eigenvalue weighted by molar-refractivity contribution is -0.138. The molecule has 1 atom stereocenters. The number of amides is 1. The minimum absolute atomic E-state index is 0.358. The molecule has 4 fully saturated rings. The number of hydrogen-bond donors (Lipinski definition) is 1. The molecule has 4 bridgehead atoms. The zero-order valence-corrected chi connectivity index (χ0v) is 13.2. The van der Waals surface area contributed by atoms with Crippen molar-refractivity contribution in [3.63, 3.8) is 0 Å². The van der Waals surface area contributed by atoms with Crippen molar-refractivity contribution in [1.82, 2.24) is 5.32 Å². The lowest BCUT2D eigenvalue weighted by Gasteiger charge is -2.53. The SMILES string of the molecule is CCCCCC(C)NC(=O)C1C2CC3CC(C2)CC1C3. The summed E-state index contributed by atoms with van der Waals surface area (Å²) in [6, 6.07) is 0.367. The van der Waals surface area contributed by atoms with E-state index in [0.717, 1.165) is 18.3 Å². The molecule has 0 aromatic rings. The summed E-state index contributed by atoms with van der Waals surface area (Å²) >= 11 is 0. The van der Waals surface area contributed by atoms with Crippen LogP contribution >= 0.6 is 0 Å². The summed E-state index contributed by atoms with van der Waals surface area (Å²) in [5.41, 5.74) is 0. The summed E-state index contributed by atoms with van der Waals surface area (Å²) in [5, 5.41) is 3.33. The van der Waals surface area contributed by atoms with Gasteiger partial charge in [-0.15, -0.1) is 0 Å². The first kappa shape index (κ1) is 14.4. The van der Waals surface area contributed by atoms with Crippen LogP contribution in [0.1, 0.15) is 71.6 Å². The van der Waals surface area contributed by atoms with Crippen molar-refractivity contribution in [2.24, 2.45) is 29.6 Å². The Morgan fingerprint density at radius 3 is 2.20 bits per heavy atom. The minimum Gasteiger partial charge on any atom is -0.353 e. The summed E-state index contributed by atoms with van der Waals surface area (Å²) < 4.78 is 0. The molecule has 0 radical (unpaired) electrons. The second-order valence-electron chi connectivity index (χ2n) is 7.86. The Balaban J connectivity index is 1.52. The van der Waals surface area contributed by atoms with Crippen LogP contribution in [0.15, 0.2) is 0 Å². The molecule has 1 N–H and O–H groups in total. The Kier molecular flexibility index (Phi) is 4.37. The normalized spacial score (nSPS) is 39.8. The quantitative estimate of drug-likeness (QED) is 0.726. The molecule has 4 saturated carbocycles. The van der Waals surface area contributed by atoms with Gasteiger partial charge >= 0.3 is 0 Å². The maximum Gasteiger partial charge on any atom is 0.223 e. The number of hydrogen-bond acceptors (Lipinski definition) is 1. The highest BCUT2D eigenvalue weighted by atomic mass is 16.2. The van der Waals surface area contributed by atoms with Gasteiger partial charge in [-0.3, -0.25) is 4.79 Å². The van der Waals surface area contributed by atoms with Gasteiger partial charge in [0, 0.05) is 12.0 Å². The van der Waals surface area contributed by atoms with Crippen molar-refractivity contribution in [2.75, 3.05) is 0 Å². The molecule has 2 nitrogen and oxygen atoms in total. The van der Waals surface area contributed by atoms with Gasteiger partial charge in [-0.1, -0.05) is 26.2 Å². The van der Waals surface area contributed by atoms with Crippen molar-refractivity contribution >= 4 is 5.91 Å². The average Bonchev–Trinajstić information content (AvgIpc) is 2.37. The molecule has 4 rings (SSSR count). The van der Waals surface area contributed by atoms with Crippen LogP contribution in [-0.4, -0.2) is 11.9 Å². The smallest absolute Gasteiger partial charge is 0.223 e. The lowest BCUT2D eigenvalue weighted by atomic mass is 9.51. The van der Waals surface area contributed by atoms with Crippen LogP contribution in [0, 0.1) is 29.6 Å². The van der Waals surface area contributed by atoms with Gasteiger partial charge in [0.1, 0.15) is 0 Å². The van der Waals surface area contributed by atoms with E-state index in [1.54, 1.807) is 0 Å². The van der Waals surface area contributed by atoms with Gasteiger partial charge in [-0.25, -0.2) is 0 Å². The lowest BCUT2D eigenvalue weighted by Crippen LogP contribution is -2.52. The van der Waals surface area contributed by atoms with Crippen molar-refractivity contribution in [1.29, 1.82) is 0 Å². The number of unbranched alkanes of at least 4 members (excludes halogenated alkanes) is 2. The second kappa shape index (κ2) is 6.07. The fourth-order valence-corrected chi connectivity index (χ4v) is 5.47. The third kappa shape index (κ3) is 2.89. The third-order valence-electron chi connectivity index (χ3n) is 6.16. The van der Waals surface area contributed by atoms with Crippen LogP contribution in [0.3, 0.4) is 0 Å². The van der Waals surface area contributed by atoms with E-state index in [4.69, 9.17) is 0 Å². The molecule has 0 spiro atoms. The number of nitrogens with one attached hydrogen (secondary N) is 1. The van der Waals surface area contributed by atoms with E-state index in [1.165, 1.54) is 51.4 Å². The molecular weight excluding hydrogens is 246 g/mol. The van der Waals surface area contributed by atoms with Crippen LogP contribution in [-0.2, 0) is 4.79 Å². The predicted octanol–water partition coefficient (Wildman–Crippen LogP) is 4.14. The summed E-state index contributed by atoms with van der Waals surface area (Å²) in [6.07, 6.45) is 11.8. The molecule has 4 aliphatic rings. The van der Waals surface area contributed by atoms with Crippen molar-refractivity contribution < 1.29 is 4.79 Å². The predicted molar refractivity (Wildman–Crippen MR) is 82.3 cm³/mol. The molecule has 1 unspecified atom stereocenters. The number of carbonyl (C=O) groups is 1. The van der Waals surface area contributed by atoms with E-state index in [-0.39, 0.29) is 0 Å². The zero-order chi connectivity index (χ0) is 14.1. The van der Waals surface area contributed by atoms with Crippen molar-refractivity contribution in [2.45, 2.75) is 77.7 Å². The van der Waals surface area contributed by atoms with Crippen LogP contribution in [0.4, 0.5) is 0 Å². The Hall–Kier alpha value is -0.530. The second-order valence-corrected chi connectivity index (χ2v) is 7.86. The number of carbonyl (C=O) groups excluding carboxylic acids is 1. The van der Waals surface area contributed by atoms with Crippen LogP contribution in [0.2, 0.25) is 0 Å². The molecule has 0 heterocycles. The van der Waals surface area contributed by atoms with E-state index in [9.17, 15) is 4.79 Å². The van der Waals surface area contributed by atoms with Gasteiger partial charge in [0.2, 0.25) is 5.91 Å². The average molecular weight is 277 g/mol. The van der Waals surface area contributed by atoms with Crippen LogP contribution in [0.25, 0.3) is 0 Å². The third-order valence-corrected chi connectivity index (χ3v) is 6.16. The Morgan fingerprint density at radius 2 is 1.65 bits per heavy atom. The highest BCUT2D eigenvalue weighted by molar-refractivity contribution is 5.80. The summed E-state index contributed by atoms with van der Waals surface area (Å²) in [7, 11) is 0. The first-order valence-corrected chi connectivity index (χ1v) is 8.97. The highest BCUT2D eigenvalue weighted by Crippen LogP contribution is 2.56. The molecule has 4 aliphatic carbocycles. The number of rotatable bonds is 6.